The molecule has 0 bridgehead atoms. The Kier molecular flexibility index (Phi) is 8.15. The first-order valence-corrected chi connectivity index (χ1v) is 10.6. The van der Waals surface area contributed by atoms with E-state index in [2.05, 4.69) is 34.6 Å². The minimum absolute atomic E-state index is 0. The smallest absolute Gasteiger partial charge is 0.409 e. The number of hydrogen-bond acceptors (Lipinski definition) is 5. The molecule has 1 aromatic heterocycles. The molecule has 0 spiro atoms. The fourth-order valence-electron chi connectivity index (χ4n) is 4.59. The number of amides is 1. The minimum atomic E-state index is -1.02. The molecule has 1 unspecified atom stereocenters. The number of ether oxygens (including phenoxy) is 1. The number of nitrogens with one attached hydrogen (secondary N) is 1. The summed E-state index contributed by atoms with van der Waals surface area (Å²) in [4.78, 5) is 29.8. The summed E-state index contributed by atoms with van der Waals surface area (Å²) in [5.74, 6) is -1.01. The summed E-state index contributed by atoms with van der Waals surface area (Å²) in [6, 6.07) is 17.9. The van der Waals surface area contributed by atoms with E-state index in [0.717, 1.165) is 5.56 Å². The standard InChI is InChI=1S/C25H23N3O4.2ClH/c29-24(30)17-11-16(12-26-13-17)23-14-28(10-9-27-23)25(31)32-15-22-20-7-3-1-5-18(20)19-6-2-4-8-21(19)22;;/h1-8,11-13,22-23,27H,9-10,14-15H2,(H,29,30);2*1H. The van der Waals surface area contributed by atoms with Crippen molar-refractivity contribution in [3.05, 3.63) is 89.2 Å². The summed E-state index contributed by atoms with van der Waals surface area (Å²) >= 11 is 0. The molecule has 2 aromatic carbocycles. The third-order valence-corrected chi connectivity index (χ3v) is 6.18. The lowest BCUT2D eigenvalue weighted by molar-refractivity contribution is 0.0695. The maximum Gasteiger partial charge on any atom is 0.409 e. The van der Waals surface area contributed by atoms with Crippen molar-refractivity contribution in [1.29, 1.82) is 0 Å². The number of aromatic carboxylic acids is 1. The predicted molar refractivity (Wildman–Crippen MR) is 133 cm³/mol. The van der Waals surface area contributed by atoms with Gasteiger partial charge in [0.2, 0.25) is 0 Å². The third kappa shape index (κ3) is 4.87. The van der Waals surface area contributed by atoms with Gasteiger partial charge in [-0.05, 0) is 33.9 Å². The first kappa shape index (κ1) is 25.5. The van der Waals surface area contributed by atoms with Crippen LogP contribution >= 0.6 is 24.8 Å². The molecule has 9 heteroatoms. The van der Waals surface area contributed by atoms with Crippen LogP contribution in [0.15, 0.2) is 67.0 Å². The fourth-order valence-corrected chi connectivity index (χ4v) is 4.59. The van der Waals surface area contributed by atoms with Crippen LogP contribution < -0.4 is 5.32 Å². The lowest BCUT2D eigenvalue weighted by atomic mass is 9.98. The van der Waals surface area contributed by atoms with E-state index in [-0.39, 0.29) is 55.0 Å². The Morgan fingerprint density at radius 3 is 2.32 bits per heavy atom. The van der Waals surface area contributed by atoms with Gasteiger partial charge >= 0.3 is 12.1 Å². The number of benzene rings is 2. The van der Waals surface area contributed by atoms with Gasteiger partial charge in [0.05, 0.1) is 11.6 Å². The number of halogens is 2. The zero-order chi connectivity index (χ0) is 22.1. The number of rotatable bonds is 4. The Hall–Kier alpha value is -3.13. The number of carboxylic acid groups (broad SMARTS) is 1. The zero-order valence-corrected chi connectivity index (χ0v) is 19.8. The topological polar surface area (TPSA) is 91.8 Å². The van der Waals surface area contributed by atoms with Gasteiger partial charge in [-0.1, -0.05) is 48.5 Å². The van der Waals surface area contributed by atoms with Crippen molar-refractivity contribution in [3.8, 4) is 11.1 Å². The highest BCUT2D eigenvalue weighted by Crippen LogP contribution is 2.44. The molecule has 2 aliphatic rings. The Balaban J connectivity index is 0.00000162. The second kappa shape index (κ2) is 10.9. The molecular formula is C25H25Cl2N3O4. The lowest BCUT2D eigenvalue weighted by Crippen LogP contribution is -2.48. The Labute approximate surface area is 210 Å². The van der Waals surface area contributed by atoms with Crippen LogP contribution in [0, 0.1) is 0 Å². The molecule has 178 valence electrons. The summed E-state index contributed by atoms with van der Waals surface area (Å²) in [6.07, 6.45) is 2.59. The molecule has 0 saturated carbocycles. The van der Waals surface area contributed by atoms with E-state index in [1.54, 1.807) is 17.2 Å². The number of piperazine rings is 1. The highest BCUT2D eigenvalue weighted by Gasteiger charge is 2.31. The molecule has 2 heterocycles. The number of carbonyl (C=O) groups excluding carboxylic acids is 1. The van der Waals surface area contributed by atoms with E-state index in [1.807, 2.05) is 24.3 Å². The van der Waals surface area contributed by atoms with Gasteiger partial charge < -0.3 is 20.1 Å². The third-order valence-electron chi connectivity index (χ3n) is 6.18. The highest BCUT2D eigenvalue weighted by atomic mass is 35.5. The predicted octanol–water partition coefficient (Wildman–Crippen LogP) is 4.52. The lowest BCUT2D eigenvalue weighted by Gasteiger charge is -2.33. The zero-order valence-electron chi connectivity index (χ0n) is 18.2. The number of pyridine rings is 1. The summed E-state index contributed by atoms with van der Waals surface area (Å²) < 4.78 is 5.77. The van der Waals surface area contributed by atoms with E-state index < -0.39 is 5.97 Å². The fraction of sp³-hybridized carbons (Fsp3) is 0.240. The second-order valence-electron chi connectivity index (χ2n) is 8.07. The van der Waals surface area contributed by atoms with Crippen LogP contribution in [-0.4, -0.2) is 53.3 Å². The SMILES string of the molecule is Cl.Cl.O=C(O)c1cncc(C2CN(C(=O)OCC3c4ccccc4-c4ccccc43)CCN2)c1. The van der Waals surface area contributed by atoms with Gasteiger partial charge in [0.25, 0.3) is 0 Å². The molecule has 5 rings (SSSR count). The normalized spacial score (nSPS) is 16.5. The summed E-state index contributed by atoms with van der Waals surface area (Å²) in [6.45, 7) is 1.78. The molecule has 1 amide bonds. The van der Waals surface area contributed by atoms with Crippen LogP contribution in [0.25, 0.3) is 11.1 Å². The second-order valence-corrected chi connectivity index (χ2v) is 8.07. The van der Waals surface area contributed by atoms with Crippen LogP contribution in [0.2, 0.25) is 0 Å². The average molecular weight is 502 g/mol. The molecule has 3 aromatic rings. The van der Waals surface area contributed by atoms with Crippen molar-refractivity contribution >= 4 is 36.9 Å². The number of carbonyl (C=O) groups is 2. The van der Waals surface area contributed by atoms with Crippen molar-refractivity contribution in [3.63, 3.8) is 0 Å². The van der Waals surface area contributed by atoms with Gasteiger partial charge in [0, 0.05) is 37.9 Å². The molecule has 2 N–H and O–H groups in total. The highest BCUT2D eigenvalue weighted by molar-refractivity contribution is 5.87. The van der Waals surface area contributed by atoms with Crippen LogP contribution in [0.3, 0.4) is 0 Å². The van der Waals surface area contributed by atoms with E-state index in [9.17, 15) is 14.7 Å². The van der Waals surface area contributed by atoms with Crippen molar-refractivity contribution in [2.75, 3.05) is 26.2 Å². The van der Waals surface area contributed by atoms with Crippen molar-refractivity contribution < 1.29 is 19.4 Å². The van der Waals surface area contributed by atoms with Gasteiger partial charge in [-0.25, -0.2) is 9.59 Å². The van der Waals surface area contributed by atoms with E-state index in [4.69, 9.17) is 4.74 Å². The molecule has 7 nitrogen and oxygen atoms in total. The van der Waals surface area contributed by atoms with Crippen LogP contribution in [-0.2, 0) is 4.74 Å². The Morgan fingerprint density at radius 2 is 1.68 bits per heavy atom. The summed E-state index contributed by atoms with van der Waals surface area (Å²) in [5, 5.41) is 12.5. The van der Waals surface area contributed by atoms with Crippen molar-refractivity contribution in [1.82, 2.24) is 15.2 Å². The van der Waals surface area contributed by atoms with Gasteiger partial charge in [-0.3, -0.25) is 4.98 Å². The largest absolute Gasteiger partial charge is 0.478 e. The first-order chi connectivity index (χ1) is 15.6. The van der Waals surface area contributed by atoms with Crippen molar-refractivity contribution in [2.24, 2.45) is 0 Å². The number of hydrogen-bond donors (Lipinski definition) is 2. The van der Waals surface area contributed by atoms with Gasteiger partial charge in [0.1, 0.15) is 6.61 Å². The summed E-state index contributed by atoms with van der Waals surface area (Å²) in [5.41, 5.74) is 5.60. The quantitative estimate of drug-likeness (QED) is 0.545. The molecule has 0 radical (unpaired) electrons. The number of nitrogens with zero attached hydrogens (tertiary/aromatic N) is 2. The molecule has 1 aliphatic carbocycles. The minimum Gasteiger partial charge on any atom is -0.478 e. The number of aromatic nitrogens is 1. The van der Waals surface area contributed by atoms with Gasteiger partial charge in [0.15, 0.2) is 0 Å². The van der Waals surface area contributed by atoms with Gasteiger partial charge in [-0.2, -0.15) is 0 Å². The van der Waals surface area contributed by atoms with E-state index >= 15 is 0 Å². The molecule has 1 fully saturated rings. The summed E-state index contributed by atoms with van der Waals surface area (Å²) in [7, 11) is 0. The van der Waals surface area contributed by atoms with Crippen LogP contribution in [0.4, 0.5) is 4.79 Å². The maximum absolute atomic E-state index is 12.9. The Morgan fingerprint density at radius 1 is 1.03 bits per heavy atom. The monoisotopic (exact) mass is 501 g/mol. The Bertz CT molecular complexity index is 1140. The molecule has 1 atom stereocenters. The van der Waals surface area contributed by atoms with Crippen LogP contribution in [0.1, 0.15) is 39.0 Å². The van der Waals surface area contributed by atoms with Gasteiger partial charge in [-0.15, -0.1) is 24.8 Å². The van der Waals surface area contributed by atoms with E-state index in [0.29, 0.717) is 19.6 Å². The molecule has 34 heavy (non-hydrogen) atoms. The first-order valence-electron chi connectivity index (χ1n) is 10.6. The maximum atomic E-state index is 12.9. The number of fused-ring (bicyclic) bond motifs is 3. The molecular weight excluding hydrogens is 477 g/mol. The number of carboxylic acids is 1. The molecule has 1 aliphatic heterocycles. The van der Waals surface area contributed by atoms with Crippen LogP contribution in [0.5, 0.6) is 0 Å². The van der Waals surface area contributed by atoms with Crippen molar-refractivity contribution in [2.45, 2.75) is 12.0 Å². The molecule has 1 saturated heterocycles. The average Bonchev–Trinajstić information content (AvgIpc) is 3.16. The van der Waals surface area contributed by atoms with E-state index in [1.165, 1.54) is 28.5 Å².